The van der Waals surface area contributed by atoms with Crippen LogP contribution in [0.1, 0.15) is 37.8 Å². The molecule has 0 amide bonds. The molecule has 1 unspecified atom stereocenters. The van der Waals surface area contributed by atoms with Crippen LogP contribution in [0.3, 0.4) is 0 Å². The second kappa shape index (κ2) is 7.40. The SMILES string of the molecule is CC(N=[N+](C)c1ccccc1)c1ccc(N2CCCCC2)cc1. The van der Waals surface area contributed by atoms with Crippen LogP contribution < -0.4 is 4.90 Å². The Morgan fingerprint density at radius 3 is 2.22 bits per heavy atom. The van der Waals surface area contributed by atoms with E-state index in [1.807, 2.05) is 29.9 Å². The van der Waals surface area contributed by atoms with Gasteiger partial charge in [0.2, 0.25) is 5.69 Å². The Balaban J connectivity index is 1.71. The molecule has 0 saturated carbocycles. The normalized spacial score (nSPS) is 17.1. The van der Waals surface area contributed by atoms with Gasteiger partial charge in [-0.2, -0.15) is 0 Å². The highest BCUT2D eigenvalue weighted by molar-refractivity contribution is 5.48. The van der Waals surface area contributed by atoms with Gasteiger partial charge in [0.1, 0.15) is 6.04 Å². The lowest BCUT2D eigenvalue weighted by Crippen LogP contribution is -2.29. The smallest absolute Gasteiger partial charge is 0.231 e. The van der Waals surface area contributed by atoms with Crippen LogP contribution in [0.15, 0.2) is 59.7 Å². The second-order valence-corrected chi connectivity index (χ2v) is 6.29. The van der Waals surface area contributed by atoms with Crippen LogP contribution in [0.5, 0.6) is 0 Å². The highest BCUT2D eigenvalue weighted by Gasteiger charge is 2.13. The van der Waals surface area contributed by atoms with E-state index in [1.165, 1.54) is 43.6 Å². The van der Waals surface area contributed by atoms with E-state index in [4.69, 9.17) is 5.11 Å². The van der Waals surface area contributed by atoms with E-state index in [0.717, 1.165) is 5.69 Å². The number of hydrogen-bond donors (Lipinski definition) is 0. The third-order valence-electron chi connectivity index (χ3n) is 4.57. The molecule has 0 N–H and O–H groups in total. The zero-order valence-electron chi connectivity index (χ0n) is 14.2. The zero-order chi connectivity index (χ0) is 16.1. The van der Waals surface area contributed by atoms with Crippen LogP contribution >= 0.6 is 0 Å². The summed E-state index contributed by atoms with van der Waals surface area (Å²) >= 11 is 0. The van der Waals surface area contributed by atoms with Crippen molar-refractivity contribution in [1.82, 2.24) is 0 Å². The Hall–Kier alpha value is -2.16. The minimum Gasteiger partial charge on any atom is -0.372 e. The summed E-state index contributed by atoms with van der Waals surface area (Å²) in [5.74, 6) is 0. The first kappa shape index (κ1) is 15.7. The van der Waals surface area contributed by atoms with Gasteiger partial charge in [0, 0.05) is 30.9 Å². The van der Waals surface area contributed by atoms with Gasteiger partial charge in [-0.05, 0) is 49.0 Å². The number of para-hydroxylation sites is 1. The van der Waals surface area contributed by atoms with Crippen molar-refractivity contribution in [3.63, 3.8) is 0 Å². The van der Waals surface area contributed by atoms with Crippen LogP contribution in [0.2, 0.25) is 0 Å². The maximum atomic E-state index is 4.78. The van der Waals surface area contributed by atoms with Gasteiger partial charge in [0.15, 0.2) is 7.05 Å². The molecule has 1 heterocycles. The molecule has 0 radical (unpaired) electrons. The summed E-state index contributed by atoms with van der Waals surface area (Å²) in [6, 6.07) is 19.3. The first-order chi connectivity index (χ1) is 11.2. The average molecular weight is 308 g/mol. The number of hydrogen-bond acceptors (Lipinski definition) is 2. The van der Waals surface area contributed by atoms with Crippen molar-refractivity contribution in [2.75, 3.05) is 25.0 Å². The molecule has 0 bridgehead atoms. The van der Waals surface area contributed by atoms with Gasteiger partial charge in [-0.15, -0.1) is 0 Å². The van der Waals surface area contributed by atoms with Crippen molar-refractivity contribution < 1.29 is 4.70 Å². The van der Waals surface area contributed by atoms with Crippen molar-refractivity contribution in [2.45, 2.75) is 32.2 Å². The van der Waals surface area contributed by atoms with Gasteiger partial charge in [-0.3, -0.25) is 0 Å². The highest BCUT2D eigenvalue weighted by Crippen LogP contribution is 2.24. The molecule has 0 aliphatic carbocycles. The van der Waals surface area contributed by atoms with Gasteiger partial charge in [0.25, 0.3) is 0 Å². The summed E-state index contributed by atoms with van der Waals surface area (Å²) in [5.41, 5.74) is 3.72. The van der Waals surface area contributed by atoms with Gasteiger partial charge >= 0.3 is 0 Å². The van der Waals surface area contributed by atoms with Gasteiger partial charge in [-0.25, -0.2) is 0 Å². The topological polar surface area (TPSA) is 18.6 Å². The van der Waals surface area contributed by atoms with Crippen LogP contribution in [-0.2, 0) is 0 Å². The molecule has 120 valence electrons. The lowest BCUT2D eigenvalue weighted by Gasteiger charge is -2.28. The third-order valence-corrected chi connectivity index (χ3v) is 4.57. The molecule has 3 nitrogen and oxygen atoms in total. The lowest BCUT2D eigenvalue weighted by molar-refractivity contribution is -0.486. The number of piperidine rings is 1. The molecule has 1 atom stereocenters. The van der Waals surface area contributed by atoms with Crippen molar-refractivity contribution >= 4 is 11.4 Å². The maximum Gasteiger partial charge on any atom is 0.231 e. The molecule has 23 heavy (non-hydrogen) atoms. The molecule has 3 heteroatoms. The summed E-state index contributed by atoms with van der Waals surface area (Å²) in [6.45, 7) is 4.53. The first-order valence-corrected chi connectivity index (χ1v) is 8.58. The van der Waals surface area contributed by atoms with Crippen molar-refractivity contribution in [2.24, 2.45) is 5.11 Å². The monoisotopic (exact) mass is 308 g/mol. The Kier molecular flexibility index (Phi) is 5.06. The summed E-state index contributed by atoms with van der Waals surface area (Å²) in [5, 5.41) is 4.78. The predicted molar refractivity (Wildman–Crippen MR) is 95.6 cm³/mol. The Morgan fingerprint density at radius 1 is 0.913 bits per heavy atom. The summed E-state index contributed by atoms with van der Waals surface area (Å²) < 4.78 is 1.96. The van der Waals surface area contributed by atoms with E-state index in [-0.39, 0.29) is 6.04 Å². The molecule has 0 spiro atoms. The molecule has 2 aromatic carbocycles. The second-order valence-electron chi connectivity index (χ2n) is 6.29. The summed E-state index contributed by atoms with van der Waals surface area (Å²) in [6.07, 6.45) is 4.00. The number of rotatable bonds is 4. The Bertz CT molecular complexity index is 640. The molecule has 1 fully saturated rings. The molecule has 1 saturated heterocycles. The molecule has 1 aliphatic heterocycles. The lowest BCUT2D eigenvalue weighted by atomic mass is 10.1. The minimum absolute atomic E-state index is 0.149. The number of benzene rings is 2. The first-order valence-electron chi connectivity index (χ1n) is 8.58. The molecule has 3 rings (SSSR count). The summed E-state index contributed by atoms with van der Waals surface area (Å²) in [7, 11) is 2.01. The van der Waals surface area contributed by atoms with E-state index in [2.05, 4.69) is 48.2 Å². The van der Waals surface area contributed by atoms with Crippen LogP contribution in [0.25, 0.3) is 0 Å². The number of nitrogens with zero attached hydrogens (tertiary/aromatic N) is 3. The highest BCUT2D eigenvalue weighted by atomic mass is 15.3. The van der Waals surface area contributed by atoms with Crippen molar-refractivity contribution in [3.8, 4) is 0 Å². The van der Waals surface area contributed by atoms with Crippen molar-refractivity contribution in [3.05, 3.63) is 60.2 Å². The van der Waals surface area contributed by atoms with Gasteiger partial charge < -0.3 is 4.90 Å². The molecule has 0 aromatic heterocycles. The van der Waals surface area contributed by atoms with E-state index < -0.39 is 0 Å². The van der Waals surface area contributed by atoms with Crippen LogP contribution in [0.4, 0.5) is 11.4 Å². The molecular formula is C20H26N3+. The van der Waals surface area contributed by atoms with Gasteiger partial charge in [0.05, 0.1) is 0 Å². The summed E-state index contributed by atoms with van der Waals surface area (Å²) in [4.78, 5) is 2.49. The van der Waals surface area contributed by atoms with Crippen molar-refractivity contribution in [1.29, 1.82) is 0 Å². The third kappa shape index (κ3) is 3.98. The quantitative estimate of drug-likeness (QED) is 0.563. The van der Waals surface area contributed by atoms with Gasteiger partial charge in [-0.1, -0.05) is 35.0 Å². The van der Waals surface area contributed by atoms with E-state index in [1.54, 1.807) is 0 Å². The zero-order valence-corrected chi connectivity index (χ0v) is 14.2. The Morgan fingerprint density at radius 2 is 1.57 bits per heavy atom. The minimum atomic E-state index is 0.149. The average Bonchev–Trinajstić information content (AvgIpc) is 2.63. The molecule has 2 aromatic rings. The van der Waals surface area contributed by atoms with E-state index in [9.17, 15) is 0 Å². The fourth-order valence-corrected chi connectivity index (χ4v) is 3.15. The number of azo groups is 2. The largest absolute Gasteiger partial charge is 0.372 e. The van der Waals surface area contributed by atoms with Crippen LogP contribution in [0, 0.1) is 0 Å². The molecule has 1 aliphatic rings. The van der Waals surface area contributed by atoms with E-state index >= 15 is 0 Å². The van der Waals surface area contributed by atoms with E-state index in [0.29, 0.717) is 0 Å². The fraction of sp³-hybridized carbons (Fsp3) is 0.400. The predicted octanol–water partition coefficient (Wildman–Crippen LogP) is 5.16. The fourth-order valence-electron chi connectivity index (χ4n) is 3.15. The van der Waals surface area contributed by atoms with Crippen LogP contribution in [-0.4, -0.2) is 24.8 Å². The molecular weight excluding hydrogens is 282 g/mol. The standard InChI is InChI=1S/C20H26N3/c1-17(21-22(2)19-9-5-3-6-10-19)18-11-13-20(14-12-18)23-15-7-4-8-16-23/h3,5-6,9-14,17H,4,7-8,15-16H2,1-2H3/q+1. The Labute approximate surface area is 139 Å². The number of anilines is 1. The maximum absolute atomic E-state index is 4.78.